The molecule has 0 bridgehead atoms. The van der Waals surface area contributed by atoms with E-state index in [0.717, 1.165) is 6.42 Å². The van der Waals surface area contributed by atoms with E-state index in [1.807, 2.05) is 6.07 Å². The van der Waals surface area contributed by atoms with E-state index in [1.54, 1.807) is 0 Å². The number of fused-ring (bicyclic) bond motifs is 1. The van der Waals surface area contributed by atoms with E-state index in [9.17, 15) is 4.79 Å². The Kier molecular flexibility index (Phi) is 4.85. The van der Waals surface area contributed by atoms with Crippen molar-refractivity contribution < 1.29 is 9.53 Å². The number of ether oxygens (including phenoxy) is 1. The first-order chi connectivity index (χ1) is 13.3. The number of hydrogen-bond donors (Lipinski definition) is 0. The molecule has 4 rings (SSSR count). The minimum absolute atomic E-state index is 0.216. The van der Waals surface area contributed by atoms with Crippen molar-refractivity contribution in [1.29, 1.82) is 0 Å². The van der Waals surface area contributed by atoms with Gasteiger partial charge in [0.05, 0.1) is 12.7 Å². The highest BCUT2D eigenvalue weighted by molar-refractivity contribution is 5.89. The summed E-state index contributed by atoms with van der Waals surface area (Å²) in [6.07, 6.45) is 7.38. The standard InChI is InChI=1S/C26H32O2/c1-25(2,3)23-9-7-18(8-10-23)19-11-13-26(14-12-19)16-21-6-5-20(24(27)28-4)15-22(21)17-26/h5-10,15,19H,11-14,16-17H2,1-4H3. The average Bonchev–Trinajstić information content (AvgIpc) is 3.04. The highest BCUT2D eigenvalue weighted by Crippen LogP contribution is 2.50. The Balaban J connectivity index is 1.43. The van der Waals surface area contributed by atoms with Gasteiger partial charge < -0.3 is 4.74 Å². The van der Waals surface area contributed by atoms with Crippen LogP contribution >= 0.6 is 0 Å². The highest BCUT2D eigenvalue weighted by atomic mass is 16.5. The largest absolute Gasteiger partial charge is 0.465 e. The quantitative estimate of drug-likeness (QED) is 0.582. The first-order valence-corrected chi connectivity index (χ1v) is 10.6. The molecule has 2 nitrogen and oxygen atoms in total. The smallest absolute Gasteiger partial charge is 0.337 e. The predicted octanol–water partition coefficient (Wildman–Crippen LogP) is 6.21. The molecule has 0 unspecified atom stereocenters. The second-order valence-electron chi connectivity index (χ2n) is 9.97. The van der Waals surface area contributed by atoms with Crippen LogP contribution in [0.5, 0.6) is 0 Å². The van der Waals surface area contributed by atoms with Crippen molar-refractivity contribution in [2.45, 2.75) is 70.6 Å². The fourth-order valence-corrected chi connectivity index (χ4v) is 5.25. The minimum Gasteiger partial charge on any atom is -0.465 e. The molecule has 0 radical (unpaired) electrons. The second kappa shape index (κ2) is 7.06. The van der Waals surface area contributed by atoms with Gasteiger partial charge >= 0.3 is 5.97 Å². The van der Waals surface area contributed by atoms with Gasteiger partial charge in [0.15, 0.2) is 0 Å². The van der Waals surface area contributed by atoms with Gasteiger partial charge in [-0.2, -0.15) is 0 Å². The highest BCUT2D eigenvalue weighted by Gasteiger charge is 2.40. The number of rotatable bonds is 2. The summed E-state index contributed by atoms with van der Waals surface area (Å²) in [5.74, 6) is 0.458. The number of esters is 1. The van der Waals surface area contributed by atoms with Gasteiger partial charge in [-0.15, -0.1) is 0 Å². The lowest BCUT2D eigenvalue weighted by Gasteiger charge is -2.37. The zero-order chi connectivity index (χ0) is 19.9. The zero-order valence-electron chi connectivity index (χ0n) is 17.7. The molecular formula is C26H32O2. The monoisotopic (exact) mass is 376 g/mol. The Labute approximate surface area is 169 Å². The third-order valence-corrected chi connectivity index (χ3v) is 7.05. The third kappa shape index (κ3) is 3.62. The first-order valence-electron chi connectivity index (χ1n) is 10.6. The summed E-state index contributed by atoms with van der Waals surface area (Å²) >= 11 is 0. The second-order valence-corrected chi connectivity index (χ2v) is 9.97. The Morgan fingerprint density at radius 1 is 0.964 bits per heavy atom. The van der Waals surface area contributed by atoms with E-state index in [1.165, 1.54) is 61.5 Å². The normalized spacial score (nSPS) is 24.2. The third-order valence-electron chi connectivity index (χ3n) is 7.05. The van der Waals surface area contributed by atoms with Crippen molar-refractivity contribution in [3.8, 4) is 0 Å². The molecule has 2 aliphatic rings. The molecule has 0 saturated heterocycles. The molecule has 0 amide bonds. The lowest BCUT2D eigenvalue weighted by Crippen LogP contribution is -2.27. The number of carbonyl (C=O) groups excluding carboxylic acids is 1. The van der Waals surface area contributed by atoms with Crippen LogP contribution in [0.2, 0.25) is 0 Å². The lowest BCUT2D eigenvalue weighted by molar-refractivity contribution is 0.0600. The van der Waals surface area contributed by atoms with Crippen molar-refractivity contribution in [2.75, 3.05) is 7.11 Å². The number of methoxy groups -OCH3 is 1. The van der Waals surface area contributed by atoms with Gasteiger partial charge in [-0.05, 0) is 89.7 Å². The van der Waals surface area contributed by atoms with Gasteiger partial charge in [0.25, 0.3) is 0 Å². The molecule has 2 aliphatic carbocycles. The topological polar surface area (TPSA) is 26.3 Å². The Bertz CT molecular complexity index is 862. The number of hydrogen-bond acceptors (Lipinski definition) is 2. The number of carbonyl (C=O) groups is 1. The van der Waals surface area contributed by atoms with Crippen molar-refractivity contribution >= 4 is 5.97 Å². The zero-order valence-corrected chi connectivity index (χ0v) is 17.7. The van der Waals surface area contributed by atoms with Crippen molar-refractivity contribution in [3.05, 3.63) is 70.3 Å². The van der Waals surface area contributed by atoms with Gasteiger partial charge in [0.2, 0.25) is 0 Å². The van der Waals surface area contributed by atoms with Crippen LogP contribution in [0.25, 0.3) is 0 Å². The van der Waals surface area contributed by atoms with Crippen molar-refractivity contribution in [1.82, 2.24) is 0 Å². The van der Waals surface area contributed by atoms with Crippen LogP contribution in [-0.2, 0) is 23.0 Å². The Hall–Kier alpha value is -2.09. The summed E-state index contributed by atoms with van der Waals surface area (Å²) in [6.45, 7) is 6.82. The summed E-state index contributed by atoms with van der Waals surface area (Å²) in [5.41, 5.74) is 7.01. The molecule has 28 heavy (non-hydrogen) atoms. The summed E-state index contributed by atoms with van der Waals surface area (Å²) in [5, 5.41) is 0. The van der Waals surface area contributed by atoms with Crippen LogP contribution in [0.3, 0.4) is 0 Å². The van der Waals surface area contributed by atoms with Crippen LogP contribution in [0.4, 0.5) is 0 Å². The fraction of sp³-hybridized carbons (Fsp3) is 0.500. The Morgan fingerprint density at radius 2 is 1.61 bits per heavy atom. The molecule has 1 saturated carbocycles. The van der Waals surface area contributed by atoms with Gasteiger partial charge in [-0.1, -0.05) is 51.1 Å². The van der Waals surface area contributed by atoms with Gasteiger partial charge in [0.1, 0.15) is 0 Å². The summed E-state index contributed by atoms with van der Waals surface area (Å²) < 4.78 is 4.89. The van der Waals surface area contributed by atoms with E-state index >= 15 is 0 Å². The number of benzene rings is 2. The van der Waals surface area contributed by atoms with Crippen LogP contribution in [0.1, 0.15) is 85.0 Å². The van der Waals surface area contributed by atoms with Crippen molar-refractivity contribution in [2.24, 2.45) is 5.41 Å². The lowest BCUT2D eigenvalue weighted by atomic mass is 9.67. The van der Waals surface area contributed by atoms with Crippen LogP contribution in [0, 0.1) is 5.41 Å². The van der Waals surface area contributed by atoms with Crippen LogP contribution in [-0.4, -0.2) is 13.1 Å². The molecule has 1 fully saturated rings. The van der Waals surface area contributed by atoms with Gasteiger partial charge in [-0.25, -0.2) is 4.79 Å². The molecule has 0 aromatic heterocycles. The molecule has 148 valence electrons. The van der Waals surface area contributed by atoms with Crippen LogP contribution < -0.4 is 0 Å². The van der Waals surface area contributed by atoms with Gasteiger partial charge in [0, 0.05) is 0 Å². The van der Waals surface area contributed by atoms with Crippen LogP contribution in [0.15, 0.2) is 42.5 Å². The average molecular weight is 377 g/mol. The molecule has 2 heteroatoms. The van der Waals surface area contributed by atoms with E-state index in [-0.39, 0.29) is 11.4 Å². The molecule has 0 N–H and O–H groups in total. The van der Waals surface area contributed by atoms with Gasteiger partial charge in [-0.3, -0.25) is 0 Å². The van der Waals surface area contributed by atoms with E-state index in [2.05, 4.69) is 57.2 Å². The maximum Gasteiger partial charge on any atom is 0.337 e. The molecule has 0 aliphatic heterocycles. The molecule has 2 aromatic rings. The first kappa shape index (κ1) is 19.2. The fourth-order valence-electron chi connectivity index (χ4n) is 5.25. The summed E-state index contributed by atoms with van der Waals surface area (Å²) in [7, 11) is 1.45. The molecular weight excluding hydrogens is 344 g/mol. The van der Waals surface area contributed by atoms with E-state index in [4.69, 9.17) is 4.74 Å². The maximum atomic E-state index is 11.8. The predicted molar refractivity (Wildman–Crippen MR) is 114 cm³/mol. The minimum atomic E-state index is -0.230. The SMILES string of the molecule is COC(=O)c1ccc2c(c1)CC1(CCC(c3ccc(C(C)(C)C)cc3)CC1)C2. The molecule has 1 spiro atoms. The van der Waals surface area contributed by atoms with E-state index in [0.29, 0.717) is 16.9 Å². The molecule has 0 heterocycles. The summed E-state index contributed by atoms with van der Waals surface area (Å²) in [4.78, 5) is 11.8. The van der Waals surface area contributed by atoms with E-state index < -0.39 is 0 Å². The summed E-state index contributed by atoms with van der Waals surface area (Å²) in [6, 6.07) is 15.5. The molecule has 0 atom stereocenters. The maximum absolute atomic E-state index is 11.8. The Morgan fingerprint density at radius 3 is 2.21 bits per heavy atom. The molecule has 2 aromatic carbocycles. The van der Waals surface area contributed by atoms with Crippen molar-refractivity contribution in [3.63, 3.8) is 0 Å².